The molecule has 84 valence electrons. The molecular formula is C11H10ClFN2S. The van der Waals surface area contributed by atoms with Crippen LogP contribution in [0.2, 0.25) is 0 Å². The first kappa shape index (κ1) is 11.5. The highest BCUT2D eigenvalue weighted by Crippen LogP contribution is 2.24. The number of halogens is 2. The Morgan fingerprint density at radius 2 is 1.94 bits per heavy atom. The SMILES string of the molecule is Fc1ccc(-c2nnc(CCCCl)s2)cc1. The fourth-order valence-corrected chi connectivity index (χ4v) is 2.30. The zero-order valence-corrected chi connectivity index (χ0v) is 10.1. The Hall–Kier alpha value is -1.00. The summed E-state index contributed by atoms with van der Waals surface area (Å²) in [7, 11) is 0. The Labute approximate surface area is 102 Å². The minimum atomic E-state index is -0.240. The van der Waals surface area contributed by atoms with Crippen LogP contribution in [-0.4, -0.2) is 16.1 Å². The molecule has 0 aliphatic carbocycles. The van der Waals surface area contributed by atoms with Gasteiger partial charge in [0.15, 0.2) is 0 Å². The van der Waals surface area contributed by atoms with Crippen LogP contribution in [-0.2, 0) is 6.42 Å². The summed E-state index contributed by atoms with van der Waals surface area (Å²) in [6.07, 6.45) is 1.75. The van der Waals surface area contributed by atoms with Crippen molar-refractivity contribution in [2.45, 2.75) is 12.8 Å². The Kier molecular flexibility index (Phi) is 3.85. The van der Waals surface area contributed by atoms with Crippen molar-refractivity contribution in [3.05, 3.63) is 35.1 Å². The molecule has 0 aliphatic rings. The summed E-state index contributed by atoms with van der Waals surface area (Å²) in [6.45, 7) is 0. The predicted octanol–water partition coefficient (Wildman–Crippen LogP) is 3.52. The second-order valence-electron chi connectivity index (χ2n) is 3.30. The molecule has 1 aromatic heterocycles. The van der Waals surface area contributed by atoms with Crippen LogP contribution in [0.25, 0.3) is 10.6 Å². The van der Waals surface area contributed by atoms with Crippen LogP contribution in [0.1, 0.15) is 11.4 Å². The van der Waals surface area contributed by atoms with Gasteiger partial charge >= 0.3 is 0 Å². The summed E-state index contributed by atoms with van der Waals surface area (Å²) in [4.78, 5) is 0. The van der Waals surface area contributed by atoms with Gasteiger partial charge in [0.25, 0.3) is 0 Å². The van der Waals surface area contributed by atoms with Crippen molar-refractivity contribution in [2.75, 3.05) is 5.88 Å². The van der Waals surface area contributed by atoms with Crippen LogP contribution < -0.4 is 0 Å². The summed E-state index contributed by atoms with van der Waals surface area (Å²) in [5.41, 5.74) is 0.899. The Balaban J connectivity index is 2.15. The van der Waals surface area contributed by atoms with Gasteiger partial charge in [0.2, 0.25) is 0 Å². The molecule has 0 radical (unpaired) electrons. The lowest BCUT2D eigenvalue weighted by Gasteiger charge is -1.93. The molecule has 2 nitrogen and oxygen atoms in total. The topological polar surface area (TPSA) is 25.8 Å². The van der Waals surface area contributed by atoms with E-state index in [9.17, 15) is 4.39 Å². The lowest BCUT2D eigenvalue weighted by atomic mass is 10.2. The highest BCUT2D eigenvalue weighted by molar-refractivity contribution is 7.14. The van der Waals surface area contributed by atoms with Crippen LogP contribution in [0.3, 0.4) is 0 Å². The molecule has 16 heavy (non-hydrogen) atoms. The van der Waals surface area contributed by atoms with Crippen LogP contribution in [0.4, 0.5) is 4.39 Å². The molecule has 0 unspecified atom stereocenters. The van der Waals surface area contributed by atoms with Crippen molar-refractivity contribution < 1.29 is 4.39 Å². The molecule has 0 bridgehead atoms. The maximum absolute atomic E-state index is 12.7. The summed E-state index contributed by atoms with van der Waals surface area (Å²) in [5, 5.41) is 9.94. The fraction of sp³-hybridized carbons (Fsp3) is 0.273. The molecule has 0 saturated carbocycles. The lowest BCUT2D eigenvalue weighted by molar-refractivity contribution is 0.628. The van der Waals surface area contributed by atoms with Crippen molar-refractivity contribution in [1.82, 2.24) is 10.2 Å². The Morgan fingerprint density at radius 1 is 1.19 bits per heavy atom. The van der Waals surface area contributed by atoms with Crippen molar-refractivity contribution in [2.24, 2.45) is 0 Å². The van der Waals surface area contributed by atoms with Crippen molar-refractivity contribution in [1.29, 1.82) is 0 Å². The number of benzene rings is 1. The number of alkyl halides is 1. The van der Waals surface area contributed by atoms with E-state index in [0.29, 0.717) is 5.88 Å². The van der Waals surface area contributed by atoms with Crippen molar-refractivity contribution in [3.63, 3.8) is 0 Å². The van der Waals surface area contributed by atoms with Gasteiger partial charge in [-0.2, -0.15) is 0 Å². The average molecular weight is 257 g/mol. The zero-order chi connectivity index (χ0) is 11.4. The third kappa shape index (κ3) is 2.77. The second-order valence-corrected chi connectivity index (χ2v) is 4.74. The van der Waals surface area contributed by atoms with E-state index in [2.05, 4.69) is 10.2 Å². The number of hydrogen-bond donors (Lipinski definition) is 0. The standard InChI is InChI=1S/C11H10ClFN2S/c12-7-1-2-10-14-15-11(16-10)8-3-5-9(13)6-4-8/h3-6H,1-2,7H2. The molecule has 2 rings (SSSR count). The van der Waals surface area contributed by atoms with Gasteiger partial charge < -0.3 is 0 Å². The number of nitrogens with zero attached hydrogens (tertiary/aromatic N) is 2. The van der Waals surface area contributed by atoms with E-state index in [0.717, 1.165) is 28.4 Å². The summed E-state index contributed by atoms with van der Waals surface area (Å²) < 4.78 is 12.7. The van der Waals surface area contributed by atoms with Gasteiger partial charge in [0.1, 0.15) is 15.8 Å². The van der Waals surface area contributed by atoms with E-state index in [1.807, 2.05) is 0 Å². The molecule has 0 fully saturated rings. The zero-order valence-electron chi connectivity index (χ0n) is 8.49. The largest absolute Gasteiger partial charge is 0.207 e. The van der Waals surface area contributed by atoms with Gasteiger partial charge in [0, 0.05) is 17.9 Å². The van der Waals surface area contributed by atoms with Gasteiger partial charge in [0.05, 0.1) is 0 Å². The lowest BCUT2D eigenvalue weighted by Crippen LogP contribution is -1.84. The first-order chi connectivity index (χ1) is 7.79. The van der Waals surface area contributed by atoms with Gasteiger partial charge in [-0.3, -0.25) is 0 Å². The van der Waals surface area contributed by atoms with Gasteiger partial charge in [-0.05, 0) is 30.7 Å². The smallest absolute Gasteiger partial charge is 0.147 e. The molecule has 0 spiro atoms. The highest BCUT2D eigenvalue weighted by atomic mass is 35.5. The van der Waals surface area contributed by atoms with Crippen LogP contribution in [0.15, 0.2) is 24.3 Å². The first-order valence-corrected chi connectivity index (χ1v) is 6.29. The van der Waals surface area contributed by atoms with E-state index in [4.69, 9.17) is 11.6 Å². The molecule has 0 saturated heterocycles. The molecule has 0 atom stereocenters. The minimum absolute atomic E-state index is 0.240. The Bertz CT molecular complexity index is 455. The minimum Gasteiger partial charge on any atom is -0.207 e. The quantitative estimate of drug-likeness (QED) is 0.783. The van der Waals surface area contributed by atoms with E-state index < -0.39 is 0 Å². The van der Waals surface area contributed by atoms with Gasteiger partial charge in [-0.15, -0.1) is 21.8 Å². The van der Waals surface area contributed by atoms with Crippen molar-refractivity contribution >= 4 is 22.9 Å². The van der Waals surface area contributed by atoms with Crippen LogP contribution in [0, 0.1) is 5.82 Å². The number of rotatable bonds is 4. The molecular weight excluding hydrogens is 247 g/mol. The maximum atomic E-state index is 12.7. The number of hydrogen-bond acceptors (Lipinski definition) is 3. The van der Waals surface area contributed by atoms with Crippen LogP contribution in [0.5, 0.6) is 0 Å². The fourth-order valence-electron chi connectivity index (χ4n) is 1.28. The monoisotopic (exact) mass is 256 g/mol. The molecule has 0 N–H and O–H groups in total. The molecule has 2 aromatic rings. The normalized spacial score (nSPS) is 10.6. The summed E-state index contributed by atoms with van der Waals surface area (Å²) in [6, 6.07) is 6.27. The maximum Gasteiger partial charge on any atom is 0.147 e. The highest BCUT2D eigenvalue weighted by Gasteiger charge is 2.06. The van der Waals surface area contributed by atoms with E-state index >= 15 is 0 Å². The Morgan fingerprint density at radius 3 is 2.62 bits per heavy atom. The van der Waals surface area contributed by atoms with Gasteiger partial charge in [-0.1, -0.05) is 11.3 Å². The predicted molar refractivity (Wildman–Crippen MR) is 64.3 cm³/mol. The van der Waals surface area contributed by atoms with E-state index in [1.54, 1.807) is 12.1 Å². The molecule has 5 heteroatoms. The third-order valence-corrected chi connectivity index (χ3v) is 3.38. The first-order valence-electron chi connectivity index (χ1n) is 4.94. The van der Waals surface area contributed by atoms with Gasteiger partial charge in [-0.25, -0.2) is 4.39 Å². The average Bonchev–Trinajstić information content (AvgIpc) is 2.76. The molecule has 0 aliphatic heterocycles. The van der Waals surface area contributed by atoms with E-state index in [1.165, 1.54) is 23.5 Å². The third-order valence-electron chi connectivity index (χ3n) is 2.08. The summed E-state index contributed by atoms with van der Waals surface area (Å²) >= 11 is 7.14. The number of aryl methyl sites for hydroxylation is 1. The molecule has 0 amide bonds. The summed E-state index contributed by atoms with van der Waals surface area (Å²) in [5.74, 6) is 0.390. The van der Waals surface area contributed by atoms with E-state index in [-0.39, 0.29) is 5.82 Å². The molecule has 1 aromatic carbocycles. The second kappa shape index (κ2) is 5.37. The molecule has 1 heterocycles. The van der Waals surface area contributed by atoms with Crippen molar-refractivity contribution in [3.8, 4) is 10.6 Å². The number of aromatic nitrogens is 2. The van der Waals surface area contributed by atoms with Crippen LogP contribution >= 0.6 is 22.9 Å².